The SMILES string of the molecule is COc1ccccc1N1C(=O)/C(=C\c2ccco2)SC1=NC(=O)c1ccccc1. The third-order valence-electron chi connectivity index (χ3n) is 4.17. The van der Waals surface area contributed by atoms with Crippen molar-refractivity contribution in [2.24, 2.45) is 4.99 Å². The summed E-state index contributed by atoms with van der Waals surface area (Å²) >= 11 is 1.11. The summed E-state index contributed by atoms with van der Waals surface area (Å²) in [4.78, 5) is 31.8. The van der Waals surface area contributed by atoms with Gasteiger partial charge in [-0.3, -0.25) is 14.5 Å². The Bertz CT molecular complexity index is 1100. The number of methoxy groups -OCH3 is 1. The van der Waals surface area contributed by atoms with Gasteiger partial charge in [0.05, 0.1) is 24.0 Å². The summed E-state index contributed by atoms with van der Waals surface area (Å²) in [6.45, 7) is 0. The van der Waals surface area contributed by atoms with Gasteiger partial charge in [0, 0.05) is 11.6 Å². The predicted molar refractivity (Wildman–Crippen MR) is 113 cm³/mol. The van der Waals surface area contributed by atoms with Crippen LogP contribution in [0.3, 0.4) is 0 Å². The van der Waals surface area contributed by atoms with Crippen LogP contribution in [0.4, 0.5) is 5.69 Å². The average molecular weight is 404 g/mol. The second kappa shape index (κ2) is 8.20. The zero-order chi connectivity index (χ0) is 20.2. The Morgan fingerprint density at radius 1 is 1.07 bits per heavy atom. The molecule has 29 heavy (non-hydrogen) atoms. The molecular weight excluding hydrogens is 388 g/mol. The number of rotatable bonds is 4. The maximum atomic E-state index is 13.2. The number of carbonyl (C=O) groups excluding carboxylic acids is 2. The first-order chi connectivity index (χ1) is 14.2. The van der Waals surface area contributed by atoms with Crippen LogP contribution in [-0.4, -0.2) is 24.1 Å². The van der Waals surface area contributed by atoms with E-state index in [-0.39, 0.29) is 11.1 Å². The van der Waals surface area contributed by atoms with Crippen LogP contribution in [0.15, 0.2) is 87.3 Å². The molecule has 1 aromatic heterocycles. The van der Waals surface area contributed by atoms with Gasteiger partial charge in [0.2, 0.25) is 0 Å². The van der Waals surface area contributed by atoms with Crippen molar-refractivity contribution >= 4 is 40.5 Å². The van der Waals surface area contributed by atoms with Gasteiger partial charge >= 0.3 is 0 Å². The van der Waals surface area contributed by atoms with Gasteiger partial charge in [0.1, 0.15) is 11.5 Å². The number of aliphatic imine (C=N–C) groups is 1. The van der Waals surface area contributed by atoms with Gasteiger partial charge in [0.15, 0.2) is 5.17 Å². The van der Waals surface area contributed by atoms with Crippen molar-refractivity contribution in [2.75, 3.05) is 12.0 Å². The summed E-state index contributed by atoms with van der Waals surface area (Å²) in [6, 6.07) is 19.3. The Morgan fingerprint density at radius 2 is 1.83 bits per heavy atom. The lowest BCUT2D eigenvalue weighted by Gasteiger charge is -2.18. The Labute approximate surface area is 171 Å². The fourth-order valence-corrected chi connectivity index (χ4v) is 3.76. The lowest BCUT2D eigenvalue weighted by Crippen LogP contribution is -2.29. The molecule has 0 saturated carbocycles. The van der Waals surface area contributed by atoms with E-state index in [4.69, 9.17) is 9.15 Å². The maximum Gasteiger partial charge on any atom is 0.279 e. The van der Waals surface area contributed by atoms with Crippen LogP contribution in [0, 0.1) is 0 Å². The number of benzene rings is 2. The molecular formula is C22H16N2O4S. The highest BCUT2D eigenvalue weighted by Crippen LogP contribution is 2.39. The number of hydrogen-bond acceptors (Lipinski definition) is 5. The molecule has 6 nitrogen and oxygen atoms in total. The Morgan fingerprint density at radius 3 is 2.55 bits per heavy atom. The number of amidine groups is 1. The summed E-state index contributed by atoms with van der Waals surface area (Å²) in [5.74, 6) is 0.299. The van der Waals surface area contributed by atoms with Crippen molar-refractivity contribution in [3.63, 3.8) is 0 Å². The number of furan rings is 1. The van der Waals surface area contributed by atoms with Gasteiger partial charge in [-0.25, -0.2) is 0 Å². The van der Waals surface area contributed by atoms with Gasteiger partial charge in [-0.05, 0) is 48.2 Å². The maximum absolute atomic E-state index is 13.2. The molecule has 7 heteroatoms. The minimum Gasteiger partial charge on any atom is -0.495 e. The first kappa shape index (κ1) is 18.8. The van der Waals surface area contributed by atoms with Crippen LogP contribution >= 0.6 is 11.8 Å². The van der Waals surface area contributed by atoms with E-state index < -0.39 is 5.91 Å². The summed E-state index contributed by atoms with van der Waals surface area (Å²) in [5.41, 5.74) is 0.950. The van der Waals surface area contributed by atoms with Crippen molar-refractivity contribution in [3.8, 4) is 5.75 Å². The van der Waals surface area contributed by atoms with E-state index in [2.05, 4.69) is 4.99 Å². The average Bonchev–Trinajstić information content (AvgIpc) is 3.37. The van der Waals surface area contributed by atoms with Crippen LogP contribution < -0.4 is 9.64 Å². The lowest BCUT2D eigenvalue weighted by atomic mass is 10.2. The molecule has 0 atom stereocenters. The Balaban J connectivity index is 1.79. The number of anilines is 1. The zero-order valence-electron chi connectivity index (χ0n) is 15.4. The number of nitrogens with zero attached hydrogens (tertiary/aromatic N) is 2. The van der Waals surface area contributed by atoms with Crippen molar-refractivity contribution in [3.05, 3.63) is 89.2 Å². The zero-order valence-corrected chi connectivity index (χ0v) is 16.3. The third-order valence-corrected chi connectivity index (χ3v) is 5.14. The van der Waals surface area contributed by atoms with Crippen molar-refractivity contribution in [1.82, 2.24) is 0 Å². The second-order valence-electron chi connectivity index (χ2n) is 6.00. The first-order valence-electron chi connectivity index (χ1n) is 8.76. The highest BCUT2D eigenvalue weighted by Gasteiger charge is 2.37. The van der Waals surface area contributed by atoms with Crippen LogP contribution in [0.5, 0.6) is 5.75 Å². The van der Waals surface area contributed by atoms with Gasteiger partial charge in [-0.1, -0.05) is 30.3 Å². The van der Waals surface area contributed by atoms with E-state index in [1.807, 2.05) is 12.1 Å². The van der Waals surface area contributed by atoms with Crippen LogP contribution in [0.2, 0.25) is 0 Å². The van der Waals surface area contributed by atoms with Crippen molar-refractivity contribution in [1.29, 1.82) is 0 Å². The van der Waals surface area contributed by atoms with E-state index >= 15 is 0 Å². The predicted octanol–water partition coefficient (Wildman–Crippen LogP) is 4.61. The quantitative estimate of drug-likeness (QED) is 0.594. The molecule has 2 amide bonds. The van der Waals surface area contributed by atoms with E-state index in [1.165, 1.54) is 18.3 Å². The first-order valence-corrected chi connectivity index (χ1v) is 9.57. The second-order valence-corrected chi connectivity index (χ2v) is 7.01. The highest BCUT2D eigenvalue weighted by atomic mass is 32.2. The van der Waals surface area contributed by atoms with Crippen LogP contribution in [0.25, 0.3) is 6.08 Å². The van der Waals surface area contributed by atoms with Gasteiger partial charge in [0.25, 0.3) is 11.8 Å². The fraction of sp³-hybridized carbons (Fsp3) is 0.0455. The van der Waals surface area contributed by atoms with E-state index in [0.29, 0.717) is 27.7 Å². The van der Waals surface area contributed by atoms with E-state index in [0.717, 1.165) is 11.8 Å². The largest absolute Gasteiger partial charge is 0.495 e. The lowest BCUT2D eigenvalue weighted by molar-refractivity contribution is -0.113. The fourth-order valence-electron chi connectivity index (χ4n) is 2.81. The van der Waals surface area contributed by atoms with E-state index in [1.54, 1.807) is 60.7 Å². The number of carbonyl (C=O) groups is 2. The van der Waals surface area contributed by atoms with Crippen LogP contribution in [0.1, 0.15) is 16.1 Å². The molecule has 3 aromatic rings. The smallest absolute Gasteiger partial charge is 0.279 e. The molecule has 1 aliphatic rings. The molecule has 1 saturated heterocycles. The Kier molecular flexibility index (Phi) is 5.31. The van der Waals surface area contributed by atoms with Gasteiger partial charge in [-0.2, -0.15) is 4.99 Å². The number of ether oxygens (including phenoxy) is 1. The Hall–Kier alpha value is -3.58. The minimum atomic E-state index is -0.431. The van der Waals surface area contributed by atoms with Crippen molar-refractivity contribution in [2.45, 2.75) is 0 Å². The highest BCUT2D eigenvalue weighted by molar-refractivity contribution is 8.19. The van der Waals surface area contributed by atoms with Crippen LogP contribution in [-0.2, 0) is 4.79 Å². The third kappa shape index (κ3) is 3.86. The molecule has 0 N–H and O–H groups in total. The molecule has 144 valence electrons. The monoisotopic (exact) mass is 404 g/mol. The van der Waals surface area contributed by atoms with E-state index in [9.17, 15) is 9.59 Å². The number of amides is 2. The van der Waals surface area contributed by atoms with Gasteiger partial charge in [-0.15, -0.1) is 0 Å². The number of para-hydroxylation sites is 2. The molecule has 4 rings (SSSR count). The number of thioether (sulfide) groups is 1. The molecule has 0 bridgehead atoms. The van der Waals surface area contributed by atoms with Crippen molar-refractivity contribution < 1.29 is 18.7 Å². The standard InChI is InChI=1S/C22H16N2O4S/c1-27-18-12-6-5-11-17(18)24-21(26)19(14-16-10-7-13-28-16)29-22(24)23-20(25)15-8-3-2-4-9-15/h2-14H,1H3/b19-14+,23-22?. The molecule has 0 radical (unpaired) electrons. The normalized spacial score (nSPS) is 16.6. The molecule has 2 heterocycles. The summed E-state index contributed by atoms with van der Waals surface area (Å²) in [7, 11) is 1.53. The summed E-state index contributed by atoms with van der Waals surface area (Å²) < 4.78 is 10.7. The topological polar surface area (TPSA) is 72.1 Å². The molecule has 2 aromatic carbocycles. The minimum absolute atomic E-state index is 0.256. The molecule has 1 aliphatic heterocycles. The molecule has 0 unspecified atom stereocenters. The summed E-state index contributed by atoms with van der Waals surface area (Å²) in [6.07, 6.45) is 3.16. The number of hydrogen-bond donors (Lipinski definition) is 0. The molecule has 1 fully saturated rings. The summed E-state index contributed by atoms with van der Waals surface area (Å²) in [5, 5.41) is 0.256. The molecule has 0 aliphatic carbocycles. The van der Waals surface area contributed by atoms with Gasteiger partial charge < -0.3 is 9.15 Å². The molecule has 0 spiro atoms.